The molecule has 0 amide bonds. The number of primary sulfonamides is 1. The van der Waals surface area contributed by atoms with Crippen LogP contribution in [0, 0.1) is 0 Å². The van der Waals surface area contributed by atoms with E-state index in [1.54, 1.807) is 30.3 Å². The van der Waals surface area contributed by atoms with Crippen LogP contribution in [0.15, 0.2) is 47.4 Å². The molecule has 0 heterocycles. The van der Waals surface area contributed by atoms with E-state index >= 15 is 0 Å². The number of hydrogen-bond acceptors (Lipinski definition) is 5. The Hall–Kier alpha value is -2.25. The van der Waals surface area contributed by atoms with Gasteiger partial charge in [0.1, 0.15) is 4.90 Å². The van der Waals surface area contributed by atoms with Crippen LogP contribution in [0.1, 0.15) is 0 Å². The summed E-state index contributed by atoms with van der Waals surface area (Å²) >= 11 is 0. The molecule has 6 nitrogen and oxygen atoms in total. The van der Waals surface area contributed by atoms with Crippen molar-refractivity contribution in [1.82, 2.24) is 0 Å². The quantitative estimate of drug-likeness (QED) is 0.835. The fourth-order valence-electron chi connectivity index (χ4n) is 1.69. The topological polar surface area (TPSA) is 105 Å². The average Bonchev–Trinajstić information content (AvgIpc) is 2.40. The molecule has 0 radical (unpaired) electrons. The van der Waals surface area contributed by atoms with Gasteiger partial charge in [-0.05, 0) is 24.3 Å². The van der Waals surface area contributed by atoms with Crippen LogP contribution in [0.2, 0.25) is 0 Å². The third kappa shape index (κ3) is 2.84. The van der Waals surface area contributed by atoms with E-state index in [0.717, 1.165) is 0 Å². The second-order valence-electron chi connectivity index (χ2n) is 3.97. The molecule has 0 saturated heterocycles. The summed E-state index contributed by atoms with van der Waals surface area (Å²) in [5.41, 5.74) is 6.20. The predicted octanol–water partition coefficient (Wildman–Crippen LogP) is 1.72. The number of benzene rings is 2. The van der Waals surface area contributed by atoms with E-state index in [1.165, 1.54) is 19.2 Å². The third-order valence-electron chi connectivity index (χ3n) is 2.59. The number of ether oxygens (including phenoxy) is 2. The first-order chi connectivity index (χ1) is 9.43. The van der Waals surface area contributed by atoms with Crippen LogP contribution in [0.3, 0.4) is 0 Å². The SMILES string of the molecule is COc1c(Oc2ccccc2N)cccc1S(N)(=O)=O. The van der Waals surface area contributed by atoms with Gasteiger partial charge in [-0.3, -0.25) is 0 Å². The highest BCUT2D eigenvalue weighted by atomic mass is 32.2. The zero-order valence-corrected chi connectivity index (χ0v) is 11.6. The summed E-state index contributed by atoms with van der Waals surface area (Å²) in [6, 6.07) is 11.3. The zero-order chi connectivity index (χ0) is 14.8. The summed E-state index contributed by atoms with van der Waals surface area (Å²) in [7, 11) is -2.57. The molecule has 0 fully saturated rings. The Bertz CT molecular complexity index is 729. The van der Waals surface area contributed by atoms with Crippen LogP contribution in [0.5, 0.6) is 17.2 Å². The van der Waals surface area contributed by atoms with Gasteiger partial charge in [-0.2, -0.15) is 0 Å². The smallest absolute Gasteiger partial charge is 0.241 e. The van der Waals surface area contributed by atoms with Crippen molar-refractivity contribution in [3.8, 4) is 17.2 Å². The average molecular weight is 294 g/mol. The van der Waals surface area contributed by atoms with Crippen molar-refractivity contribution < 1.29 is 17.9 Å². The van der Waals surface area contributed by atoms with Crippen molar-refractivity contribution in [1.29, 1.82) is 0 Å². The molecule has 20 heavy (non-hydrogen) atoms. The molecule has 0 aliphatic rings. The van der Waals surface area contributed by atoms with E-state index in [9.17, 15) is 8.42 Å². The molecule has 4 N–H and O–H groups in total. The molecule has 0 spiro atoms. The Morgan fingerprint density at radius 3 is 2.25 bits per heavy atom. The van der Waals surface area contributed by atoms with Gasteiger partial charge in [0, 0.05) is 0 Å². The first kappa shape index (κ1) is 14.2. The Morgan fingerprint density at radius 1 is 1.00 bits per heavy atom. The lowest BCUT2D eigenvalue weighted by Crippen LogP contribution is -2.13. The molecule has 2 rings (SSSR count). The van der Waals surface area contributed by atoms with Gasteiger partial charge < -0.3 is 15.2 Å². The van der Waals surface area contributed by atoms with Gasteiger partial charge in [-0.15, -0.1) is 0 Å². The number of sulfonamides is 1. The van der Waals surface area contributed by atoms with E-state index in [-0.39, 0.29) is 16.4 Å². The summed E-state index contributed by atoms with van der Waals surface area (Å²) in [5, 5.41) is 5.14. The second-order valence-corrected chi connectivity index (χ2v) is 5.50. The Labute approximate surface area is 117 Å². The van der Waals surface area contributed by atoms with Gasteiger partial charge in [0.2, 0.25) is 10.0 Å². The number of anilines is 1. The maximum Gasteiger partial charge on any atom is 0.241 e. The summed E-state index contributed by atoms with van der Waals surface area (Å²) in [5.74, 6) is 0.660. The van der Waals surface area contributed by atoms with E-state index < -0.39 is 10.0 Å². The van der Waals surface area contributed by atoms with E-state index in [4.69, 9.17) is 20.3 Å². The highest BCUT2D eigenvalue weighted by Crippen LogP contribution is 2.37. The lowest BCUT2D eigenvalue weighted by molar-refractivity contribution is 0.369. The van der Waals surface area contributed by atoms with Gasteiger partial charge in [-0.1, -0.05) is 18.2 Å². The predicted molar refractivity (Wildman–Crippen MR) is 75.3 cm³/mol. The molecule has 7 heteroatoms. The molecule has 0 bridgehead atoms. The third-order valence-corrected chi connectivity index (χ3v) is 3.53. The number of nitrogens with two attached hydrogens (primary N) is 2. The largest absolute Gasteiger partial charge is 0.492 e. The van der Waals surface area contributed by atoms with E-state index in [1.807, 2.05) is 0 Å². The molecule has 2 aromatic rings. The molecular formula is C13H14N2O4S. The van der Waals surface area contributed by atoms with Crippen molar-refractivity contribution in [3.05, 3.63) is 42.5 Å². The van der Waals surface area contributed by atoms with Gasteiger partial charge in [0.25, 0.3) is 0 Å². The Balaban J connectivity index is 2.51. The van der Waals surface area contributed by atoms with Crippen molar-refractivity contribution in [2.45, 2.75) is 4.90 Å². The van der Waals surface area contributed by atoms with Crippen LogP contribution < -0.4 is 20.3 Å². The maximum absolute atomic E-state index is 11.5. The van der Waals surface area contributed by atoms with Crippen molar-refractivity contribution >= 4 is 15.7 Å². The lowest BCUT2D eigenvalue weighted by atomic mass is 10.3. The molecular weight excluding hydrogens is 280 g/mol. The Morgan fingerprint density at radius 2 is 1.65 bits per heavy atom. The molecule has 0 aromatic heterocycles. The monoisotopic (exact) mass is 294 g/mol. The van der Waals surface area contributed by atoms with Gasteiger partial charge in [0.05, 0.1) is 12.8 Å². The van der Waals surface area contributed by atoms with Crippen molar-refractivity contribution in [2.75, 3.05) is 12.8 Å². The minimum atomic E-state index is -3.91. The number of rotatable bonds is 4. The Kier molecular flexibility index (Phi) is 3.82. The summed E-state index contributed by atoms with van der Waals surface area (Å²) in [6.07, 6.45) is 0. The minimum absolute atomic E-state index is 0.0400. The van der Waals surface area contributed by atoms with Crippen LogP contribution >= 0.6 is 0 Å². The molecule has 0 atom stereocenters. The summed E-state index contributed by atoms with van der Waals surface area (Å²) in [6.45, 7) is 0. The van der Waals surface area contributed by atoms with Crippen LogP contribution in [-0.4, -0.2) is 15.5 Å². The maximum atomic E-state index is 11.5. The fraction of sp³-hybridized carbons (Fsp3) is 0.0769. The normalized spacial score (nSPS) is 11.1. The molecule has 106 valence electrons. The first-order valence-corrected chi connectivity index (χ1v) is 7.20. The number of para-hydroxylation sites is 3. The molecule has 0 unspecified atom stereocenters. The standard InChI is InChI=1S/C13H14N2O4S/c1-18-13-11(7-4-8-12(13)20(15,16)17)19-10-6-3-2-5-9(10)14/h2-8H,14H2,1H3,(H2,15,16,17). The van der Waals surface area contributed by atoms with Crippen molar-refractivity contribution in [3.63, 3.8) is 0 Å². The van der Waals surface area contributed by atoms with E-state index in [0.29, 0.717) is 11.4 Å². The van der Waals surface area contributed by atoms with Crippen molar-refractivity contribution in [2.24, 2.45) is 5.14 Å². The first-order valence-electron chi connectivity index (χ1n) is 5.65. The van der Waals surface area contributed by atoms with E-state index in [2.05, 4.69) is 0 Å². The molecule has 0 aliphatic carbocycles. The molecule has 0 saturated carbocycles. The minimum Gasteiger partial charge on any atom is -0.492 e. The highest BCUT2D eigenvalue weighted by molar-refractivity contribution is 7.89. The summed E-state index contributed by atoms with van der Waals surface area (Å²) in [4.78, 5) is -0.146. The van der Waals surface area contributed by atoms with Gasteiger partial charge >= 0.3 is 0 Å². The number of nitrogen functional groups attached to an aromatic ring is 1. The highest BCUT2D eigenvalue weighted by Gasteiger charge is 2.19. The number of methoxy groups -OCH3 is 1. The van der Waals surface area contributed by atoms with Crippen LogP contribution in [0.25, 0.3) is 0 Å². The fourth-order valence-corrected chi connectivity index (χ4v) is 2.40. The summed E-state index contributed by atoms with van der Waals surface area (Å²) < 4.78 is 33.7. The van der Waals surface area contributed by atoms with Gasteiger partial charge in [0.15, 0.2) is 17.2 Å². The van der Waals surface area contributed by atoms with Gasteiger partial charge in [-0.25, -0.2) is 13.6 Å². The zero-order valence-electron chi connectivity index (χ0n) is 10.7. The molecule has 0 aliphatic heterocycles. The number of hydrogen-bond donors (Lipinski definition) is 2. The second kappa shape index (κ2) is 5.40. The lowest BCUT2D eigenvalue weighted by Gasteiger charge is -2.14. The van der Waals surface area contributed by atoms with Crippen LogP contribution in [-0.2, 0) is 10.0 Å². The van der Waals surface area contributed by atoms with Crippen LogP contribution in [0.4, 0.5) is 5.69 Å². The molecule has 2 aromatic carbocycles.